The number of hydrogen-bond acceptors (Lipinski definition) is 4. The number of aryl methyl sites for hydroxylation is 1. The zero-order chi connectivity index (χ0) is 20.5. The highest BCUT2D eigenvalue weighted by molar-refractivity contribution is 5.92. The molecule has 2 amide bonds. The second-order valence-electron chi connectivity index (χ2n) is 8.61. The Hall–Kier alpha value is -2.64. The van der Waals surface area contributed by atoms with Gasteiger partial charge in [0.25, 0.3) is 5.91 Å². The van der Waals surface area contributed by atoms with Gasteiger partial charge < -0.3 is 18.9 Å². The smallest absolute Gasteiger partial charge is 0.270 e. The molecule has 4 heterocycles. The number of rotatable bonds is 4. The number of carbonyl (C=O) groups is 2. The highest BCUT2D eigenvalue weighted by Gasteiger charge is 2.31. The fourth-order valence-corrected chi connectivity index (χ4v) is 4.37. The Morgan fingerprint density at radius 1 is 1.10 bits per heavy atom. The van der Waals surface area contributed by atoms with Crippen LogP contribution < -0.4 is 0 Å². The predicted molar refractivity (Wildman–Crippen MR) is 108 cm³/mol. The molecule has 0 saturated carbocycles. The van der Waals surface area contributed by atoms with Crippen molar-refractivity contribution in [2.24, 2.45) is 13.0 Å². The minimum Gasteiger partial charge on any atom is -0.347 e. The van der Waals surface area contributed by atoms with E-state index in [0.29, 0.717) is 37.0 Å². The molecule has 0 aliphatic carbocycles. The maximum absolute atomic E-state index is 12.8. The van der Waals surface area contributed by atoms with Crippen molar-refractivity contribution in [3.05, 3.63) is 35.7 Å². The molecule has 1 saturated heterocycles. The summed E-state index contributed by atoms with van der Waals surface area (Å²) >= 11 is 0. The molecule has 1 fully saturated rings. The fourth-order valence-electron chi connectivity index (χ4n) is 4.37. The second-order valence-corrected chi connectivity index (χ2v) is 8.61. The first-order chi connectivity index (χ1) is 13.9. The number of fused-ring (bicyclic) bond motifs is 1. The van der Waals surface area contributed by atoms with Crippen LogP contribution in [0.5, 0.6) is 0 Å². The number of carbonyl (C=O) groups excluding carboxylic acids is 2. The van der Waals surface area contributed by atoms with Crippen molar-refractivity contribution in [3.63, 3.8) is 0 Å². The summed E-state index contributed by atoms with van der Waals surface area (Å²) < 4.78 is 4.03. The largest absolute Gasteiger partial charge is 0.347 e. The van der Waals surface area contributed by atoms with Gasteiger partial charge in [-0.15, -0.1) is 10.2 Å². The highest BCUT2D eigenvalue weighted by atomic mass is 16.2. The molecule has 0 radical (unpaired) electrons. The summed E-state index contributed by atoms with van der Waals surface area (Å²) in [7, 11) is 1.88. The molecule has 0 spiro atoms. The van der Waals surface area contributed by atoms with Crippen LogP contribution in [-0.4, -0.2) is 60.6 Å². The first-order valence-corrected chi connectivity index (χ1v) is 10.5. The van der Waals surface area contributed by atoms with Gasteiger partial charge in [-0.2, -0.15) is 0 Å². The van der Waals surface area contributed by atoms with E-state index >= 15 is 0 Å². The average Bonchev–Trinajstić information content (AvgIpc) is 3.32. The minimum atomic E-state index is 0.0327. The summed E-state index contributed by atoms with van der Waals surface area (Å²) in [5.74, 6) is 2.88. The summed E-state index contributed by atoms with van der Waals surface area (Å²) in [5.41, 5.74) is 0.691. The van der Waals surface area contributed by atoms with Crippen molar-refractivity contribution < 1.29 is 9.59 Å². The molecule has 0 N–H and O–H groups in total. The SMILES string of the molecule is CC(C)CC(=O)N1CCC(c2nnc3n2CCN(C(=O)c2cccn2C)C3)CC1. The van der Waals surface area contributed by atoms with Crippen molar-refractivity contribution in [2.45, 2.75) is 52.1 Å². The summed E-state index contributed by atoms with van der Waals surface area (Å²) in [6.07, 6.45) is 4.36. The molecule has 2 aromatic rings. The van der Waals surface area contributed by atoms with Gasteiger partial charge in [-0.1, -0.05) is 13.8 Å². The van der Waals surface area contributed by atoms with Crippen LogP contribution >= 0.6 is 0 Å². The fraction of sp³-hybridized carbons (Fsp3) is 0.619. The first kappa shape index (κ1) is 19.7. The van der Waals surface area contributed by atoms with Crippen molar-refractivity contribution in [1.29, 1.82) is 0 Å². The van der Waals surface area contributed by atoms with Gasteiger partial charge in [0, 0.05) is 51.8 Å². The monoisotopic (exact) mass is 398 g/mol. The molecule has 4 rings (SSSR count). The molecule has 156 valence electrons. The van der Waals surface area contributed by atoms with E-state index in [9.17, 15) is 9.59 Å². The van der Waals surface area contributed by atoms with Gasteiger partial charge in [0.2, 0.25) is 5.91 Å². The summed E-state index contributed by atoms with van der Waals surface area (Å²) in [6.45, 7) is 7.61. The Balaban J connectivity index is 1.40. The lowest BCUT2D eigenvalue weighted by atomic mass is 9.95. The quantitative estimate of drug-likeness (QED) is 0.790. The Bertz CT molecular complexity index is 891. The van der Waals surface area contributed by atoms with Gasteiger partial charge in [0.05, 0.1) is 6.54 Å². The topological polar surface area (TPSA) is 76.3 Å². The molecular weight excluding hydrogens is 368 g/mol. The number of amides is 2. The van der Waals surface area contributed by atoms with E-state index in [-0.39, 0.29) is 11.8 Å². The molecule has 0 unspecified atom stereocenters. The Labute approximate surface area is 171 Å². The van der Waals surface area contributed by atoms with E-state index < -0.39 is 0 Å². The number of nitrogens with zero attached hydrogens (tertiary/aromatic N) is 6. The van der Waals surface area contributed by atoms with Gasteiger partial charge >= 0.3 is 0 Å². The third kappa shape index (κ3) is 3.93. The van der Waals surface area contributed by atoms with Crippen LogP contribution in [-0.2, 0) is 24.9 Å². The molecule has 8 heteroatoms. The molecule has 29 heavy (non-hydrogen) atoms. The van der Waals surface area contributed by atoms with Crippen molar-refractivity contribution in [2.75, 3.05) is 19.6 Å². The van der Waals surface area contributed by atoms with Crippen molar-refractivity contribution in [3.8, 4) is 0 Å². The lowest BCUT2D eigenvalue weighted by Crippen LogP contribution is -2.41. The van der Waals surface area contributed by atoms with E-state index in [2.05, 4.69) is 28.6 Å². The second kappa shape index (κ2) is 8.00. The maximum atomic E-state index is 12.8. The number of likely N-dealkylation sites (tertiary alicyclic amines) is 1. The molecular formula is C21H30N6O2. The van der Waals surface area contributed by atoms with Gasteiger partial charge in [-0.3, -0.25) is 9.59 Å². The molecule has 8 nitrogen and oxygen atoms in total. The summed E-state index contributed by atoms with van der Waals surface area (Å²) in [5, 5.41) is 8.87. The van der Waals surface area contributed by atoms with E-state index in [4.69, 9.17) is 0 Å². The van der Waals surface area contributed by atoms with Crippen LogP contribution in [0.25, 0.3) is 0 Å². The summed E-state index contributed by atoms with van der Waals surface area (Å²) in [6, 6.07) is 3.73. The van der Waals surface area contributed by atoms with E-state index in [1.54, 1.807) is 0 Å². The Morgan fingerprint density at radius 3 is 2.52 bits per heavy atom. The Morgan fingerprint density at radius 2 is 1.86 bits per heavy atom. The molecule has 0 atom stereocenters. The van der Waals surface area contributed by atoms with Gasteiger partial charge in [-0.25, -0.2) is 0 Å². The van der Waals surface area contributed by atoms with Crippen LogP contribution in [0.1, 0.15) is 61.2 Å². The maximum Gasteiger partial charge on any atom is 0.270 e. The molecule has 0 aromatic carbocycles. The lowest BCUT2D eigenvalue weighted by Gasteiger charge is -2.33. The lowest BCUT2D eigenvalue weighted by molar-refractivity contribution is -0.133. The van der Waals surface area contributed by atoms with E-state index in [1.165, 1.54) is 0 Å². The van der Waals surface area contributed by atoms with Crippen LogP contribution in [0, 0.1) is 5.92 Å². The van der Waals surface area contributed by atoms with Gasteiger partial charge in [0.15, 0.2) is 5.82 Å². The van der Waals surface area contributed by atoms with Crippen LogP contribution in [0.3, 0.4) is 0 Å². The number of piperidine rings is 1. The summed E-state index contributed by atoms with van der Waals surface area (Å²) in [4.78, 5) is 28.9. The van der Waals surface area contributed by atoms with Crippen molar-refractivity contribution in [1.82, 2.24) is 29.1 Å². The normalized spacial score (nSPS) is 17.7. The first-order valence-electron chi connectivity index (χ1n) is 10.5. The van der Waals surface area contributed by atoms with Crippen LogP contribution in [0.15, 0.2) is 18.3 Å². The standard InChI is InChI=1S/C21H30N6O2/c1-15(2)13-19(28)25-9-6-16(7-10-25)20-23-22-18-14-26(11-12-27(18)20)21(29)17-5-4-8-24(17)3/h4-5,8,15-16H,6-7,9-14H2,1-3H3. The predicted octanol–water partition coefficient (Wildman–Crippen LogP) is 2.02. The van der Waals surface area contributed by atoms with Crippen molar-refractivity contribution >= 4 is 11.8 Å². The molecule has 2 aliphatic heterocycles. The molecule has 2 aromatic heterocycles. The zero-order valence-corrected chi connectivity index (χ0v) is 17.5. The van der Waals surface area contributed by atoms with Gasteiger partial charge in [0.1, 0.15) is 11.5 Å². The zero-order valence-electron chi connectivity index (χ0n) is 17.5. The average molecular weight is 399 g/mol. The minimum absolute atomic E-state index is 0.0327. The third-order valence-electron chi connectivity index (χ3n) is 6.03. The third-order valence-corrected chi connectivity index (χ3v) is 6.03. The molecule has 2 aliphatic rings. The van der Waals surface area contributed by atoms with E-state index in [0.717, 1.165) is 44.1 Å². The highest BCUT2D eigenvalue weighted by Crippen LogP contribution is 2.29. The Kier molecular flexibility index (Phi) is 5.43. The van der Waals surface area contributed by atoms with E-state index in [1.807, 2.05) is 39.7 Å². The molecule has 0 bridgehead atoms. The number of aromatic nitrogens is 4. The number of hydrogen-bond donors (Lipinski definition) is 0. The van der Waals surface area contributed by atoms with Gasteiger partial charge in [-0.05, 0) is 30.9 Å². The van der Waals surface area contributed by atoms with Crippen LogP contribution in [0.2, 0.25) is 0 Å². The van der Waals surface area contributed by atoms with Crippen LogP contribution in [0.4, 0.5) is 0 Å².